The first-order valence-corrected chi connectivity index (χ1v) is 6.54. The fraction of sp³-hybridized carbons (Fsp3) is 0.312. The molecule has 0 aliphatic rings. The number of nitrogens with zero attached hydrogens (tertiary/aromatic N) is 1. The zero-order chi connectivity index (χ0) is 13.3. The van der Waals surface area contributed by atoms with Crippen LogP contribution in [0.15, 0.2) is 30.3 Å². The van der Waals surface area contributed by atoms with Crippen molar-refractivity contribution in [2.24, 2.45) is 0 Å². The molecular formula is C16H20BN. The van der Waals surface area contributed by atoms with E-state index in [1.54, 1.807) is 0 Å². The fourth-order valence-electron chi connectivity index (χ4n) is 2.23. The van der Waals surface area contributed by atoms with E-state index in [0.29, 0.717) is 5.92 Å². The summed E-state index contributed by atoms with van der Waals surface area (Å²) in [6.45, 7) is 8.75. The number of benzene rings is 1. The Kier molecular flexibility index (Phi) is 3.56. The second-order valence-electron chi connectivity index (χ2n) is 5.33. The Morgan fingerprint density at radius 3 is 2.22 bits per heavy atom. The van der Waals surface area contributed by atoms with Gasteiger partial charge in [-0.05, 0) is 42.6 Å². The predicted octanol–water partition coefficient (Wildman–Crippen LogP) is 2.75. The zero-order valence-electron chi connectivity index (χ0n) is 11.9. The van der Waals surface area contributed by atoms with E-state index in [9.17, 15) is 0 Å². The summed E-state index contributed by atoms with van der Waals surface area (Å²) in [5.41, 5.74) is 7.43. The van der Waals surface area contributed by atoms with Gasteiger partial charge < -0.3 is 0 Å². The summed E-state index contributed by atoms with van der Waals surface area (Å²) in [6.07, 6.45) is 0. The van der Waals surface area contributed by atoms with Crippen molar-refractivity contribution in [2.75, 3.05) is 0 Å². The lowest BCUT2D eigenvalue weighted by Crippen LogP contribution is -2.16. The van der Waals surface area contributed by atoms with Gasteiger partial charge in [-0.3, -0.25) is 4.98 Å². The summed E-state index contributed by atoms with van der Waals surface area (Å²) < 4.78 is 0. The SMILES string of the molecule is Bc1nc(-c2ccc(C)cc2)cc(C(C)C)c1C. The van der Waals surface area contributed by atoms with Gasteiger partial charge in [0.05, 0.1) is 5.69 Å². The number of pyridine rings is 1. The predicted molar refractivity (Wildman–Crippen MR) is 81.4 cm³/mol. The lowest BCUT2D eigenvalue weighted by molar-refractivity contribution is 0.855. The second kappa shape index (κ2) is 4.97. The summed E-state index contributed by atoms with van der Waals surface area (Å²) in [7, 11) is 2.10. The number of hydrogen-bond donors (Lipinski definition) is 0. The summed E-state index contributed by atoms with van der Waals surface area (Å²) in [6, 6.07) is 10.8. The third-order valence-corrected chi connectivity index (χ3v) is 3.53. The third kappa shape index (κ3) is 2.48. The van der Waals surface area contributed by atoms with Crippen LogP contribution in [-0.4, -0.2) is 12.8 Å². The van der Waals surface area contributed by atoms with Crippen molar-refractivity contribution in [2.45, 2.75) is 33.6 Å². The normalized spacial score (nSPS) is 10.9. The van der Waals surface area contributed by atoms with E-state index < -0.39 is 0 Å². The van der Waals surface area contributed by atoms with E-state index in [-0.39, 0.29) is 0 Å². The molecule has 2 heteroatoms. The largest absolute Gasteiger partial charge is 0.263 e. The highest BCUT2D eigenvalue weighted by Gasteiger charge is 2.10. The van der Waals surface area contributed by atoms with E-state index in [1.165, 1.54) is 22.3 Å². The first kappa shape index (κ1) is 12.9. The highest BCUT2D eigenvalue weighted by atomic mass is 14.7. The van der Waals surface area contributed by atoms with Crippen LogP contribution >= 0.6 is 0 Å². The van der Waals surface area contributed by atoms with Crippen molar-refractivity contribution < 1.29 is 0 Å². The van der Waals surface area contributed by atoms with Gasteiger partial charge in [0.1, 0.15) is 0 Å². The van der Waals surface area contributed by atoms with Gasteiger partial charge in [-0.2, -0.15) is 0 Å². The monoisotopic (exact) mass is 237 g/mol. The molecule has 92 valence electrons. The number of hydrogen-bond acceptors (Lipinski definition) is 1. The van der Waals surface area contributed by atoms with Gasteiger partial charge in [0, 0.05) is 5.56 Å². The molecule has 18 heavy (non-hydrogen) atoms. The van der Waals surface area contributed by atoms with Gasteiger partial charge in [0.15, 0.2) is 7.85 Å². The Hall–Kier alpha value is -1.57. The lowest BCUT2D eigenvalue weighted by atomic mass is 9.88. The van der Waals surface area contributed by atoms with Crippen molar-refractivity contribution in [3.63, 3.8) is 0 Å². The summed E-state index contributed by atoms with van der Waals surface area (Å²) in [4.78, 5) is 4.72. The van der Waals surface area contributed by atoms with Crippen LogP contribution in [0.4, 0.5) is 0 Å². The second-order valence-corrected chi connectivity index (χ2v) is 5.33. The van der Waals surface area contributed by atoms with Crippen LogP contribution in [-0.2, 0) is 0 Å². The van der Waals surface area contributed by atoms with E-state index in [1.807, 2.05) is 0 Å². The van der Waals surface area contributed by atoms with Crippen LogP contribution in [0.3, 0.4) is 0 Å². The highest BCUT2D eigenvalue weighted by molar-refractivity contribution is 6.31. The molecule has 0 atom stereocenters. The quantitative estimate of drug-likeness (QED) is 0.732. The van der Waals surface area contributed by atoms with Crippen molar-refractivity contribution in [3.05, 3.63) is 47.0 Å². The molecule has 0 spiro atoms. The van der Waals surface area contributed by atoms with Crippen molar-refractivity contribution in [3.8, 4) is 11.3 Å². The van der Waals surface area contributed by atoms with Gasteiger partial charge in [-0.25, -0.2) is 0 Å². The number of aryl methyl sites for hydroxylation is 1. The molecule has 0 N–H and O–H groups in total. The molecule has 0 saturated carbocycles. The van der Waals surface area contributed by atoms with Gasteiger partial charge in [0.25, 0.3) is 0 Å². The molecule has 2 aromatic rings. The summed E-state index contributed by atoms with van der Waals surface area (Å²) >= 11 is 0. The molecule has 0 radical (unpaired) electrons. The minimum atomic E-state index is 0.538. The fourth-order valence-corrected chi connectivity index (χ4v) is 2.23. The van der Waals surface area contributed by atoms with Gasteiger partial charge >= 0.3 is 0 Å². The van der Waals surface area contributed by atoms with Crippen molar-refractivity contribution >= 4 is 13.4 Å². The van der Waals surface area contributed by atoms with Crippen LogP contribution in [0, 0.1) is 13.8 Å². The zero-order valence-corrected chi connectivity index (χ0v) is 11.9. The van der Waals surface area contributed by atoms with E-state index in [0.717, 1.165) is 11.3 Å². The summed E-state index contributed by atoms with van der Waals surface area (Å²) in [5.74, 6) is 0.538. The first-order chi connectivity index (χ1) is 8.49. The Morgan fingerprint density at radius 2 is 1.67 bits per heavy atom. The molecule has 0 bridgehead atoms. The topological polar surface area (TPSA) is 12.9 Å². The van der Waals surface area contributed by atoms with Gasteiger partial charge in [-0.15, -0.1) is 0 Å². The van der Waals surface area contributed by atoms with E-state index in [4.69, 9.17) is 4.98 Å². The van der Waals surface area contributed by atoms with Crippen LogP contribution < -0.4 is 5.59 Å². The maximum absolute atomic E-state index is 4.72. The molecule has 0 aliphatic heterocycles. The number of aromatic nitrogens is 1. The number of rotatable bonds is 2. The summed E-state index contributed by atoms with van der Waals surface area (Å²) in [5, 5.41) is 0. The molecule has 0 unspecified atom stereocenters. The van der Waals surface area contributed by atoms with Crippen molar-refractivity contribution in [1.29, 1.82) is 0 Å². The maximum Gasteiger partial charge on any atom is 0.164 e. The van der Waals surface area contributed by atoms with Crippen LogP contribution in [0.1, 0.15) is 36.5 Å². The maximum atomic E-state index is 4.72. The molecule has 0 aliphatic carbocycles. The smallest absolute Gasteiger partial charge is 0.164 e. The molecule has 1 nitrogen and oxygen atoms in total. The van der Waals surface area contributed by atoms with Crippen LogP contribution in [0.2, 0.25) is 0 Å². The Labute approximate surface area is 111 Å². The Bertz CT molecular complexity index is 556. The van der Waals surface area contributed by atoms with E-state index >= 15 is 0 Å². The van der Waals surface area contributed by atoms with Crippen molar-refractivity contribution in [1.82, 2.24) is 4.98 Å². The molecule has 1 heterocycles. The molecule has 1 aromatic carbocycles. The molecule has 0 saturated heterocycles. The molecular weight excluding hydrogens is 217 g/mol. The molecule has 2 rings (SSSR count). The van der Waals surface area contributed by atoms with Crippen LogP contribution in [0.5, 0.6) is 0 Å². The van der Waals surface area contributed by atoms with E-state index in [2.05, 4.69) is 65.9 Å². The van der Waals surface area contributed by atoms with Gasteiger partial charge in [-0.1, -0.05) is 43.7 Å². The lowest BCUT2D eigenvalue weighted by Gasteiger charge is -2.14. The highest BCUT2D eigenvalue weighted by Crippen LogP contribution is 2.23. The molecule has 0 fully saturated rings. The van der Waals surface area contributed by atoms with Crippen LogP contribution in [0.25, 0.3) is 11.3 Å². The Morgan fingerprint density at radius 1 is 1.06 bits per heavy atom. The Balaban J connectivity index is 2.55. The molecule has 0 amide bonds. The molecule has 1 aromatic heterocycles. The average Bonchev–Trinajstić information content (AvgIpc) is 2.33. The minimum Gasteiger partial charge on any atom is -0.263 e. The average molecular weight is 237 g/mol. The standard InChI is InChI=1S/C16H20BN/c1-10(2)14-9-15(18-16(17)12(14)4)13-7-5-11(3)6-8-13/h5-10H,17H2,1-4H3. The minimum absolute atomic E-state index is 0.538. The van der Waals surface area contributed by atoms with Gasteiger partial charge in [0.2, 0.25) is 0 Å². The first-order valence-electron chi connectivity index (χ1n) is 6.54. The third-order valence-electron chi connectivity index (χ3n) is 3.53.